The molecule has 0 atom stereocenters. The number of carbonyl (C=O) groups is 2. The van der Waals surface area contributed by atoms with Crippen LogP contribution in [0.3, 0.4) is 0 Å². The number of benzene rings is 1. The van der Waals surface area contributed by atoms with Gasteiger partial charge in [0.2, 0.25) is 11.7 Å². The number of aromatic nitrogens is 2. The minimum atomic E-state index is -0.332. The molecule has 0 unspecified atom stereocenters. The third-order valence-corrected chi connectivity index (χ3v) is 6.01. The molecule has 33 heavy (non-hydrogen) atoms. The quantitative estimate of drug-likeness (QED) is 0.532. The number of thioether (sulfide) groups is 1. The highest BCUT2D eigenvalue weighted by Crippen LogP contribution is 2.40. The highest BCUT2D eigenvalue weighted by Gasteiger charge is 2.25. The summed E-state index contributed by atoms with van der Waals surface area (Å²) in [5.41, 5.74) is 1.41. The SMILES string of the molecule is CCOC(=O)N1CCN(C(=O)CSc2ccc(-c3cc(OC)c(OC)c(OC)c3)nn2)CC1. The zero-order chi connectivity index (χ0) is 23.8. The Labute approximate surface area is 197 Å². The number of piperazine rings is 1. The molecule has 1 aliphatic rings. The number of amides is 2. The van der Waals surface area contributed by atoms with Crippen molar-refractivity contribution < 1.29 is 28.5 Å². The van der Waals surface area contributed by atoms with Crippen LogP contribution in [0.25, 0.3) is 11.3 Å². The lowest BCUT2D eigenvalue weighted by molar-refractivity contribution is -0.129. The average molecular weight is 477 g/mol. The maximum Gasteiger partial charge on any atom is 0.409 e. The van der Waals surface area contributed by atoms with Gasteiger partial charge in [0.25, 0.3) is 0 Å². The molecule has 0 spiro atoms. The highest BCUT2D eigenvalue weighted by molar-refractivity contribution is 7.99. The largest absolute Gasteiger partial charge is 0.493 e. The van der Waals surface area contributed by atoms with Crippen molar-refractivity contribution in [2.45, 2.75) is 11.9 Å². The van der Waals surface area contributed by atoms with E-state index in [0.717, 1.165) is 5.56 Å². The molecule has 1 saturated heterocycles. The van der Waals surface area contributed by atoms with Crippen molar-refractivity contribution >= 4 is 23.8 Å². The standard InChI is InChI=1S/C22H28N4O6S/c1-5-32-22(28)26-10-8-25(9-11-26)20(27)14-33-19-7-6-16(23-24-19)15-12-17(29-2)21(31-4)18(13-15)30-3/h6-7,12-13H,5,8-11,14H2,1-4H3. The lowest BCUT2D eigenvalue weighted by atomic mass is 10.1. The summed E-state index contributed by atoms with van der Waals surface area (Å²) in [5, 5.41) is 9.17. The fourth-order valence-corrected chi connectivity index (χ4v) is 4.08. The third-order valence-electron chi connectivity index (χ3n) is 5.10. The van der Waals surface area contributed by atoms with E-state index >= 15 is 0 Å². The van der Waals surface area contributed by atoms with Crippen molar-refractivity contribution in [3.8, 4) is 28.5 Å². The first kappa shape index (κ1) is 24.4. The molecule has 178 valence electrons. The van der Waals surface area contributed by atoms with Crippen molar-refractivity contribution in [1.82, 2.24) is 20.0 Å². The van der Waals surface area contributed by atoms with Gasteiger partial charge in [0.15, 0.2) is 11.5 Å². The lowest BCUT2D eigenvalue weighted by Gasteiger charge is -2.34. The van der Waals surface area contributed by atoms with Crippen LogP contribution in [0.5, 0.6) is 17.2 Å². The summed E-state index contributed by atoms with van der Waals surface area (Å²) in [6.45, 7) is 4.04. The molecule has 0 N–H and O–H groups in total. The minimum absolute atomic E-state index is 0.000914. The van der Waals surface area contributed by atoms with Gasteiger partial charge in [-0.3, -0.25) is 4.79 Å². The molecule has 0 bridgehead atoms. The molecule has 11 heteroatoms. The van der Waals surface area contributed by atoms with Crippen LogP contribution < -0.4 is 14.2 Å². The van der Waals surface area contributed by atoms with E-state index in [9.17, 15) is 9.59 Å². The Balaban J connectivity index is 1.57. The van der Waals surface area contributed by atoms with Gasteiger partial charge in [-0.25, -0.2) is 4.79 Å². The Hall–Kier alpha value is -3.21. The molecule has 0 aliphatic carbocycles. The topological polar surface area (TPSA) is 103 Å². The normalized spacial score (nSPS) is 13.5. The number of ether oxygens (including phenoxy) is 4. The van der Waals surface area contributed by atoms with E-state index in [2.05, 4.69) is 10.2 Å². The van der Waals surface area contributed by atoms with Gasteiger partial charge in [-0.2, -0.15) is 0 Å². The van der Waals surface area contributed by atoms with E-state index in [4.69, 9.17) is 18.9 Å². The highest BCUT2D eigenvalue weighted by atomic mass is 32.2. The van der Waals surface area contributed by atoms with Crippen LogP contribution >= 0.6 is 11.8 Å². The molecular formula is C22H28N4O6S. The molecular weight excluding hydrogens is 448 g/mol. The smallest absolute Gasteiger partial charge is 0.409 e. The lowest BCUT2D eigenvalue weighted by Crippen LogP contribution is -2.51. The Morgan fingerprint density at radius 1 is 0.939 bits per heavy atom. The third kappa shape index (κ3) is 5.98. The number of hydrogen-bond donors (Lipinski definition) is 0. The molecule has 1 aromatic heterocycles. The first-order chi connectivity index (χ1) is 16.0. The number of rotatable bonds is 8. The summed E-state index contributed by atoms with van der Waals surface area (Å²) in [5.74, 6) is 1.81. The fraction of sp³-hybridized carbons (Fsp3) is 0.455. The summed E-state index contributed by atoms with van der Waals surface area (Å²) in [4.78, 5) is 27.7. The Kier molecular flexibility index (Phi) is 8.58. The summed E-state index contributed by atoms with van der Waals surface area (Å²) < 4.78 is 21.1. The Morgan fingerprint density at radius 2 is 1.58 bits per heavy atom. The van der Waals surface area contributed by atoms with Crippen LogP contribution in [0.2, 0.25) is 0 Å². The monoisotopic (exact) mass is 476 g/mol. The average Bonchev–Trinajstić information content (AvgIpc) is 2.86. The van der Waals surface area contributed by atoms with Crippen LogP contribution in [-0.4, -0.2) is 91.9 Å². The second-order valence-electron chi connectivity index (χ2n) is 7.03. The number of nitrogens with zero attached hydrogens (tertiary/aromatic N) is 4. The van der Waals surface area contributed by atoms with Crippen LogP contribution in [0.4, 0.5) is 4.79 Å². The molecule has 1 aliphatic heterocycles. The van der Waals surface area contributed by atoms with E-state index < -0.39 is 0 Å². The minimum Gasteiger partial charge on any atom is -0.493 e. The van der Waals surface area contributed by atoms with E-state index in [-0.39, 0.29) is 17.8 Å². The number of carbonyl (C=O) groups excluding carboxylic acids is 2. The predicted octanol–water partition coefficient (Wildman–Crippen LogP) is 2.56. The van der Waals surface area contributed by atoms with Crippen LogP contribution in [0.1, 0.15) is 6.92 Å². The van der Waals surface area contributed by atoms with Crippen LogP contribution in [-0.2, 0) is 9.53 Å². The second-order valence-corrected chi connectivity index (χ2v) is 8.02. The van der Waals surface area contributed by atoms with Crippen molar-refractivity contribution in [3.05, 3.63) is 24.3 Å². The zero-order valence-corrected chi connectivity index (χ0v) is 20.0. The first-order valence-electron chi connectivity index (χ1n) is 10.5. The molecule has 1 fully saturated rings. The van der Waals surface area contributed by atoms with Crippen molar-refractivity contribution in [3.63, 3.8) is 0 Å². The summed E-state index contributed by atoms with van der Waals surface area (Å²) in [6, 6.07) is 7.26. The summed E-state index contributed by atoms with van der Waals surface area (Å²) in [6.07, 6.45) is -0.332. The van der Waals surface area contributed by atoms with Gasteiger partial charge in [-0.1, -0.05) is 11.8 Å². The molecule has 1 aromatic carbocycles. The fourth-order valence-electron chi connectivity index (χ4n) is 3.36. The van der Waals surface area contributed by atoms with Gasteiger partial charge in [0.1, 0.15) is 5.03 Å². The van der Waals surface area contributed by atoms with Gasteiger partial charge in [0, 0.05) is 31.7 Å². The molecule has 2 heterocycles. The zero-order valence-electron chi connectivity index (χ0n) is 19.2. The molecule has 0 radical (unpaired) electrons. The van der Waals surface area contributed by atoms with Crippen molar-refractivity contribution in [2.75, 3.05) is 59.9 Å². The predicted molar refractivity (Wildman–Crippen MR) is 123 cm³/mol. The molecule has 10 nitrogen and oxygen atoms in total. The molecule has 2 amide bonds. The Morgan fingerprint density at radius 3 is 2.09 bits per heavy atom. The van der Waals surface area contributed by atoms with E-state index in [1.54, 1.807) is 50.2 Å². The molecule has 2 aromatic rings. The maximum atomic E-state index is 12.5. The van der Waals surface area contributed by atoms with E-state index in [1.807, 2.05) is 12.1 Å². The second kappa shape index (κ2) is 11.6. The summed E-state index contributed by atoms with van der Waals surface area (Å²) >= 11 is 1.32. The van der Waals surface area contributed by atoms with Crippen molar-refractivity contribution in [2.24, 2.45) is 0 Å². The first-order valence-corrected chi connectivity index (χ1v) is 11.5. The van der Waals surface area contributed by atoms with E-state index in [1.165, 1.54) is 11.8 Å². The Bertz CT molecular complexity index is 939. The molecule has 0 saturated carbocycles. The maximum absolute atomic E-state index is 12.5. The summed E-state index contributed by atoms with van der Waals surface area (Å²) in [7, 11) is 4.66. The van der Waals surface area contributed by atoms with Crippen molar-refractivity contribution in [1.29, 1.82) is 0 Å². The molecule has 3 rings (SSSR count). The van der Waals surface area contributed by atoms with Gasteiger partial charge in [0.05, 0.1) is 39.4 Å². The van der Waals surface area contributed by atoms with Gasteiger partial charge < -0.3 is 28.7 Å². The van der Waals surface area contributed by atoms with Gasteiger partial charge in [-0.05, 0) is 31.2 Å². The van der Waals surface area contributed by atoms with E-state index in [0.29, 0.717) is 60.8 Å². The van der Waals surface area contributed by atoms with Crippen LogP contribution in [0, 0.1) is 0 Å². The number of methoxy groups -OCH3 is 3. The van der Waals surface area contributed by atoms with Gasteiger partial charge >= 0.3 is 6.09 Å². The number of hydrogen-bond acceptors (Lipinski definition) is 9. The van der Waals surface area contributed by atoms with Gasteiger partial charge in [-0.15, -0.1) is 10.2 Å². The van der Waals surface area contributed by atoms with Crippen LogP contribution in [0.15, 0.2) is 29.3 Å².